The van der Waals surface area contributed by atoms with E-state index in [1.807, 2.05) is 12.1 Å². The van der Waals surface area contributed by atoms with Crippen molar-refractivity contribution >= 4 is 37.8 Å². The van der Waals surface area contributed by atoms with E-state index in [0.29, 0.717) is 12.1 Å². The Morgan fingerprint density at radius 3 is 3.00 bits per heavy atom. The van der Waals surface area contributed by atoms with Gasteiger partial charge >= 0.3 is 0 Å². The molecule has 11 heteroatoms. The van der Waals surface area contributed by atoms with Crippen LogP contribution in [-0.2, 0) is 6.42 Å². The fraction of sp³-hybridized carbons (Fsp3) is 0.333. The highest BCUT2D eigenvalue weighted by molar-refractivity contribution is 7.22. The van der Waals surface area contributed by atoms with Crippen molar-refractivity contribution in [1.82, 2.24) is 40.1 Å². The normalized spacial score (nSPS) is 19.0. The second-order valence-corrected chi connectivity index (χ2v) is 9.10. The van der Waals surface area contributed by atoms with Gasteiger partial charge in [-0.3, -0.25) is 0 Å². The number of nitrogens with one attached hydrogen (secondary N) is 2. The van der Waals surface area contributed by atoms with Crippen molar-refractivity contribution in [2.45, 2.75) is 44.2 Å². The van der Waals surface area contributed by atoms with Crippen LogP contribution in [0.25, 0.3) is 27.1 Å². The first kappa shape index (κ1) is 19.3. The molecule has 0 radical (unpaired) electrons. The molecule has 1 fully saturated rings. The molecule has 4 aromatic heterocycles. The van der Waals surface area contributed by atoms with E-state index < -0.39 is 0 Å². The van der Waals surface area contributed by atoms with Crippen LogP contribution in [0.4, 0.5) is 5.13 Å². The van der Waals surface area contributed by atoms with Crippen LogP contribution in [0.3, 0.4) is 0 Å². The van der Waals surface area contributed by atoms with Gasteiger partial charge in [-0.1, -0.05) is 30.2 Å². The topological polar surface area (TPSA) is 130 Å². The van der Waals surface area contributed by atoms with Crippen molar-refractivity contribution in [2.24, 2.45) is 0 Å². The number of benzene rings is 1. The summed E-state index contributed by atoms with van der Waals surface area (Å²) in [5.41, 5.74) is 4.30. The molecular weight excluding hydrogens is 426 g/mol. The van der Waals surface area contributed by atoms with Gasteiger partial charge in [0, 0.05) is 6.42 Å². The molecule has 2 atom stereocenters. The summed E-state index contributed by atoms with van der Waals surface area (Å²) < 4.78 is 1.11. The van der Waals surface area contributed by atoms with E-state index in [4.69, 9.17) is 4.98 Å². The average Bonchev–Trinajstić information content (AvgIpc) is 3.53. The van der Waals surface area contributed by atoms with Crippen molar-refractivity contribution < 1.29 is 5.11 Å². The lowest BCUT2D eigenvalue weighted by molar-refractivity contribution is 0.116. The molecule has 1 saturated carbocycles. The third-order valence-electron chi connectivity index (χ3n) is 5.81. The van der Waals surface area contributed by atoms with Crippen LogP contribution in [0.5, 0.6) is 0 Å². The maximum Gasteiger partial charge on any atom is 0.184 e. The number of aromatic amines is 1. The first-order valence-electron chi connectivity index (χ1n) is 10.6. The second-order valence-electron chi connectivity index (χ2n) is 8.07. The van der Waals surface area contributed by atoms with Crippen LogP contribution in [0, 0.1) is 0 Å². The zero-order chi connectivity index (χ0) is 21.5. The maximum absolute atomic E-state index is 10.2. The molecule has 0 amide bonds. The average molecular weight is 448 g/mol. The Balaban J connectivity index is 1.22. The number of hydrogen-bond donors (Lipinski definition) is 3. The third kappa shape index (κ3) is 3.69. The Morgan fingerprint density at radius 1 is 1.19 bits per heavy atom. The van der Waals surface area contributed by atoms with Crippen LogP contribution >= 0.6 is 11.3 Å². The van der Waals surface area contributed by atoms with Crippen molar-refractivity contribution in [3.63, 3.8) is 0 Å². The number of thiazole rings is 1. The maximum atomic E-state index is 10.2. The van der Waals surface area contributed by atoms with Gasteiger partial charge < -0.3 is 15.4 Å². The van der Waals surface area contributed by atoms with Gasteiger partial charge in [-0.05, 0) is 41.8 Å². The summed E-state index contributed by atoms with van der Waals surface area (Å²) in [6, 6.07) is 8.27. The van der Waals surface area contributed by atoms with Crippen LogP contribution < -0.4 is 5.32 Å². The van der Waals surface area contributed by atoms with E-state index in [1.165, 1.54) is 11.1 Å². The molecule has 4 heterocycles. The zero-order valence-electron chi connectivity index (χ0n) is 17.1. The van der Waals surface area contributed by atoms with Gasteiger partial charge in [-0.25, -0.2) is 15.0 Å². The van der Waals surface area contributed by atoms with Gasteiger partial charge in [-0.15, -0.1) is 15.0 Å². The van der Waals surface area contributed by atoms with E-state index in [-0.39, 0.29) is 12.1 Å². The van der Waals surface area contributed by atoms with E-state index in [2.05, 4.69) is 47.8 Å². The van der Waals surface area contributed by atoms with Gasteiger partial charge in [-0.2, -0.15) is 0 Å². The van der Waals surface area contributed by atoms with Gasteiger partial charge in [0.25, 0.3) is 0 Å². The van der Waals surface area contributed by atoms with E-state index >= 15 is 0 Å². The van der Waals surface area contributed by atoms with Crippen LogP contribution in [0.15, 0.2) is 36.8 Å². The first-order valence-corrected chi connectivity index (χ1v) is 11.4. The fourth-order valence-electron chi connectivity index (χ4n) is 4.19. The molecule has 5 aromatic rings. The highest BCUT2D eigenvalue weighted by Gasteiger charge is 2.23. The number of pyridine rings is 1. The summed E-state index contributed by atoms with van der Waals surface area (Å²) in [5.74, 6) is 0.837. The number of hydrogen-bond acceptors (Lipinski definition) is 9. The molecule has 0 saturated heterocycles. The smallest absolute Gasteiger partial charge is 0.184 e. The molecule has 1 aromatic carbocycles. The lowest BCUT2D eigenvalue weighted by Crippen LogP contribution is -2.36. The number of anilines is 1. The number of aliphatic hydroxyl groups is 1. The fourth-order valence-corrected chi connectivity index (χ4v) is 5.18. The number of H-pyrrole nitrogens is 1. The highest BCUT2D eigenvalue weighted by atomic mass is 32.1. The Morgan fingerprint density at radius 2 is 2.12 bits per heavy atom. The van der Waals surface area contributed by atoms with Gasteiger partial charge in [0.15, 0.2) is 17.1 Å². The predicted octanol–water partition coefficient (Wildman–Crippen LogP) is 2.85. The molecule has 162 valence electrons. The van der Waals surface area contributed by atoms with Crippen LogP contribution in [-0.4, -0.2) is 57.4 Å². The molecule has 32 heavy (non-hydrogen) atoms. The van der Waals surface area contributed by atoms with Gasteiger partial charge in [0.1, 0.15) is 11.5 Å². The monoisotopic (exact) mass is 447 g/mol. The lowest BCUT2D eigenvalue weighted by Gasteiger charge is -2.27. The second kappa shape index (κ2) is 7.92. The number of aromatic nitrogens is 8. The number of imidazole rings is 1. The molecule has 3 N–H and O–H groups in total. The summed E-state index contributed by atoms with van der Waals surface area (Å²) in [6.45, 7) is 0. The Labute approximate surface area is 186 Å². The molecule has 1 aliphatic rings. The number of rotatable bonds is 5. The molecule has 2 unspecified atom stereocenters. The summed E-state index contributed by atoms with van der Waals surface area (Å²) in [4.78, 5) is 18.5. The van der Waals surface area contributed by atoms with Crippen LogP contribution in [0.2, 0.25) is 0 Å². The van der Waals surface area contributed by atoms with Gasteiger partial charge in [0.05, 0.1) is 34.1 Å². The SMILES string of the molecule is OC1CCCCC1Nc1nc2ccc(Cc3nc4ncc(-n5ncnn5)cc4[nH]3)cc2s1. The molecule has 0 spiro atoms. The third-order valence-corrected chi connectivity index (χ3v) is 6.76. The Bertz CT molecular complexity index is 1380. The molecule has 1 aliphatic carbocycles. The Kier molecular flexibility index (Phi) is 4.76. The standard InChI is InChI=1S/C21H21N9OS/c31-17-4-2-1-3-14(17)26-21-27-15-6-5-12(7-18(15)32-21)8-19-25-16-9-13(10-22-20(16)28-19)30-24-11-23-29-30/h5-7,9-11,14,17,31H,1-4,8H2,(H,26,27)(H,22,25,28). The van der Waals surface area contributed by atoms with Crippen molar-refractivity contribution in [2.75, 3.05) is 5.32 Å². The molecule has 10 nitrogen and oxygen atoms in total. The van der Waals surface area contributed by atoms with E-state index in [9.17, 15) is 5.11 Å². The summed E-state index contributed by atoms with van der Waals surface area (Å²) in [5, 5.41) is 26.2. The Hall–Kier alpha value is -3.44. The van der Waals surface area contributed by atoms with Gasteiger partial charge in [0.2, 0.25) is 0 Å². The largest absolute Gasteiger partial charge is 0.391 e. The summed E-state index contributed by atoms with van der Waals surface area (Å²) in [7, 11) is 0. The minimum atomic E-state index is -0.297. The summed E-state index contributed by atoms with van der Waals surface area (Å²) >= 11 is 1.62. The van der Waals surface area contributed by atoms with Crippen molar-refractivity contribution in [3.8, 4) is 5.69 Å². The summed E-state index contributed by atoms with van der Waals surface area (Å²) in [6.07, 6.45) is 7.50. The van der Waals surface area contributed by atoms with Crippen molar-refractivity contribution in [3.05, 3.63) is 48.2 Å². The highest BCUT2D eigenvalue weighted by Crippen LogP contribution is 2.30. The van der Waals surface area contributed by atoms with Crippen molar-refractivity contribution in [1.29, 1.82) is 0 Å². The molecule has 0 aliphatic heterocycles. The minimum Gasteiger partial charge on any atom is -0.391 e. The number of aliphatic hydroxyl groups excluding tert-OH is 1. The number of fused-ring (bicyclic) bond motifs is 2. The predicted molar refractivity (Wildman–Crippen MR) is 121 cm³/mol. The van der Waals surface area contributed by atoms with Crippen LogP contribution in [0.1, 0.15) is 37.1 Å². The molecule has 6 rings (SSSR count). The van der Waals surface area contributed by atoms with E-state index in [0.717, 1.165) is 63.6 Å². The molecule has 0 bridgehead atoms. The minimum absolute atomic E-state index is 0.0874. The zero-order valence-corrected chi connectivity index (χ0v) is 18.0. The lowest BCUT2D eigenvalue weighted by atomic mass is 9.93. The quantitative estimate of drug-likeness (QED) is 0.375. The first-order chi connectivity index (χ1) is 15.7. The number of tetrazole rings is 1. The molecular formula is C21H21N9OS. The number of nitrogens with zero attached hydrogens (tertiary/aromatic N) is 7. The van der Waals surface area contributed by atoms with E-state index in [1.54, 1.807) is 17.5 Å².